The van der Waals surface area contributed by atoms with Crippen molar-refractivity contribution in [2.75, 3.05) is 46.6 Å². The molecule has 0 saturated heterocycles. The molecule has 0 heterocycles. The lowest BCUT2D eigenvalue weighted by molar-refractivity contribution is -0.119. The molecule has 0 rings (SSSR count). The number of hydrogen-bond donors (Lipinski definition) is 3. The van der Waals surface area contributed by atoms with Gasteiger partial charge in [0.05, 0.1) is 6.61 Å². The van der Waals surface area contributed by atoms with Crippen molar-refractivity contribution in [1.29, 1.82) is 0 Å². The van der Waals surface area contributed by atoms with Gasteiger partial charge in [-0.05, 0) is 13.3 Å². The zero-order valence-electron chi connectivity index (χ0n) is 11.6. The molecule has 0 aromatic heterocycles. The number of amides is 1. The number of methoxy groups -OCH3 is 1. The summed E-state index contributed by atoms with van der Waals surface area (Å²) in [4.78, 5) is 15.2. The molecule has 0 bridgehead atoms. The van der Waals surface area contributed by atoms with E-state index in [0.29, 0.717) is 32.9 Å². The Labute approximate surface area is 131 Å². The number of nitrogens with zero attached hydrogens (tertiary/aromatic N) is 1. The maximum atomic E-state index is 11.3. The van der Waals surface area contributed by atoms with Crippen LogP contribution in [0.5, 0.6) is 0 Å². The Morgan fingerprint density at radius 3 is 2.63 bits per heavy atom. The quantitative estimate of drug-likeness (QED) is 0.207. The van der Waals surface area contributed by atoms with E-state index in [4.69, 9.17) is 15.2 Å². The number of rotatable bonds is 10. The van der Waals surface area contributed by atoms with E-state index in [9.17, 15) is 4.79 Å². The Morgan fingerprint density at radius 2 is 2.00 bits per heavy atom. The number of hydrogen-bond acceptors (Lipinski definition) is 4. The summed E-state index contributed by atoms with van der Waals surface area (Å²) in [6.07, 6.45) is 0.851. The van der Waals surface area contributed by atoms with Crippen LogP contribution < -0.4 is 16.4 Å². The first-order chi connectivity index (χ1) is 8.70. The van der Waals surface area contributed by atoms with Crippen molar-refractivity contribution in [3.8, 4) is 0 Å². The van der Waals surface area contributed by atoms with Crippen LogP contribution in [0.4, 0.5) is 0 Å². The highest BCUT2D eigenvalue weighted by molar-refractivity contribution is 14.0. The van der Waals surface area contributed by atoms with Crippen LogP contribution in [0.15, 0.2) is 4.99 Å². The second kappa shape index (κ2) is 15.4. The highest BCUT2D eigenvalue weighted by Gasteiger charge is 1.99. The SMILES string of the molecule is CCOCCCNC(N)=NCC(=O)NCCOC.I. The summed E-state index contributed by atoms with van der Waals surface area (Å²) in [6.45, 7) is 5.02. The summed E-state index contributed by atoms with van der Waals surface area (Å²) in [6, 6.07) is 0. The summed E-state index contributed by atoms with van der Waals surface area (Å²) in [5, 5.41) is 5.56. The Hall–Kier alpha value is -0.610. The highest BCUT2D eigenvalue weighted by atomic mass is 127. The normalized spacial score (nSPS) is 10.7. The monoisotopic (exact) mass is 388 g/mol. The number of nitrogens with one attached hydrogen (secondary N) is 2. The van der Waals surface area contributed by atoms with E-state index in [1.807, 2.05) is 6.92 Å². The van der Waals surface area contributed by atoms with Crippen molar-refractivity contribution in [2.45, 2.75) is 13.3 Å². The van der Waals surface area contributed by atoms with Crippen LogP contribution >= 0.6 is 24.0 Å². The minimum Gasteiger partial charge on any atom is -0.383 e. The molecule has 0 saturated carbocycles. The molecule has 0 aliphatic heterocycles. The van der Waals surface area contributed by atoms with Gasteiger partial charge >= 0.3 is 0 Å². The smallest absolute Gasteiger partial charge is 0.241 e. The molecule has 1 amide bonds. The van der Waals surface area contributed by atoms with Gasteiger partial charge in [0, 0.05) is 33.4 Å². The average molecular weight is 388 g/mol. The third-order valence-corrected chi connectivity index (χ3v) is 2.00. The Bertz CT molecular complexity index is 252. The van der Waals surface area contributed by atoms with Gasteiger partial charge in [0.2, 0.25) is 5.91 Å². The van der Waals surface area contributed by atoms with E-state index in [1.165, 1.54) is 0 Å². The number of halogens is 1. The summed E-state index contributed by atoms with van der Waals surface area (Å²) in [5.41, 5.74) is 5.58. The average Bonchev–Trinajstić information content (AvgIpc) is 2.36. The molecule has 0 aromatic rings. The molecular formula is C11H25IN4O3. The van der Waals surface area contributed by atoms with Crippen molar-refractivity contribution < 1.29 is 14.3 Å². The van der Waals surface area contributed by atoms with Crippen molar-refractivity contribution in [2.24, 2.45) is 10.7 Å². The van der Waals surface area contributed by atoms with Crippen LogP contribution in [0, 0.1) is 0 Å². The Morgan fingerprint density at radius 1 is 1.26 bits per heavy atom. The molecule has 19 heavy (non-hydrogen) atoms. The molecule has 0 radical (unpaired) electrons. The molecule has 0 aliphatic carbocycles. The molecule has 0 aliphatic rings. The maximum absolute atomic E-state index is 11.3. The van der Waals surface area contributed by atoms with Gasteiger partial charge < -0.3 is 25.8 Å². The number of ether oxygens (including phenoxy) is 2. The minimum atomic E-state index is -0.175. The number of guanidine groups is 1. The van der Waals surface area contributed by atoms with Crippen LogP contribution in [0.25, 0.3) is 0 Å². The summed E-state index contributed by atoms with van der Waals surface area (Å²) >= 11 is 0. The molecule has 4 N–H and O–H groups in total. The van der Waals surface area contributed by atoms with Gasteiger partial charge in [-0.15, -0.1) is 24.0 Å². The minimum absolute atomic E-state index is 0. The molecule has 8 heteroatoms. The van der Waals surface area contributed by atoms with Gasteiger partial charge in [0.25, 0.3) is 0 Å². The zero-order chi connectivity index (χ0) is 13.6. The lowest BCUT2D eigenvalue weighted by atomic mass is 10.4. The molecule has 0 atom stereocenters. The first kappa shape index (κ1) is 20.7. The Balaban J connectivity index is 0. The van der Waals surface area contributed by atoms with E-state index in [1.54, 1.807) is 7.11 Å². The first-order valence-electron chi connectivity index (χ1n) is 6.07. The van der Waals surface area contributed by atoms with Gasteiger partial charge in [-0.2, -0.15) is 0 Å². The van der Waals surface area contributed by atoms with Crippen molar-refractivity contribution >= 4 is 35.8 Å². The largest absolute Gasteiger partial charge is 0.383 e. The maximum Gasteiger partial charge on any atom is 0.241 e. The number of nitrogens with two attached hydrogens (primary N) is 1. The van der Waals surface area contributed by atoms with Crippen molar-refractivity contribution in [3.05, 3.63) is 0 Å². The highest BCUT2D eigenvalue weighted by Crippen LogP contribution is 1.80. The van der Waals surface area contributed by atoms with Gasteiger partial charge in [-0.25, -0.2) is 4.99 Å². The summed E-state index contributed by atoms with van der Waals surface area (Å²) in [7, 11) is 1.58. The third-order valence-electron chi connectivity index (χ3n) is 2.00. The molecular weight excluding hydrogens is 363 g/mol. The zero-order valence-corrected chi connectivity index (χ0v) is 13.9. The lowest BCUT2D eigenvalue weighted by Crippen LogP contribution is -2.35. The van der Waals surface area contributed by atoms with E-state index < -0.39 is 0 Å². The van der Waals surface area contributed by atoms with E-state index in [0.717, 1.165) is 6.42 Å². The second-order valence-corrected chi connectivity index (χ2v) is 3.52. The predicted molar refractivity (Wildman–Crippen MR) is 85.9 cm³/mol. The molecule has 0 unspecified atom stereocenters. The fraction of sp³-hybridized carbons (Fsp3) is 0.818. The lowest BCUT2D eigenvalue weighted by Gasteiger charge is -2.06. The van der Waals surface area contributed by atoms with Crippen LogP contribution in [-0.4, -0.2) is 58.4 Å². The molecule has 114 valence electrons. The summed E-state index contributed by atoms with van der Waals surface area (Å²) in [5.74, 6) is 0.0968. The first-order valence-corrected chi connectivity index (χ1v) is 6.07. The fourth-order valence-electron chi connectivity index (χ4n) is 1.10. The number of carbonyl (C=O) groups excluding carboxylic acids is 1. The molecule has 0 spiro atoms. The second-order valence-electron chi connectivity index (χ2n) is 3.52. The van der Waals surface area contributed by atoms with E-state index >= 15 is 0 Å². The van der Waals surface area contributed by atoms with Crippen LogP contribution in [-0.2, 0) is 14.3 Å². The molecule has 7 nitrogen and oxygen atoms in total. The number of aliphatic imine (C=N–C) groups is 1. The van der Waals surface area contributed by atoms with Gasteiger partial charge in [0.15, 0.2) is 5.96 Å². The van der Waals surface area contributed by atoms with Gasteiger partial charge in [-0.1, -0.05) is 0 Å². The number of carbonyl (C=O) groups is 1. The van der Waals surface area contributed by atoms with E-state index in [-0.39, 0.29) is 42.4 Å². The van der Waals surface area contributed by atoms with Crippen LogP contribution in [0.3, 0.4) is 0 Å². The fourth-order valence-corrected chi connectivity index (χ4v) is 1.10. The summed E-state index contributed by atoms with van der Waals surface area (Å²) < 4.78 is 9.98. The van der Waals surface area contributed by atoms with Crippen LogP contribution in [0.1, 0.15) is 13.3 Å². The standard InChI is InChI=1S/C11H24N4O3.HI/c1-3-18-7-4-5-14-11(12)15-9-10(16)13-6-8-17-2;/h3-9H2,1-2H3,(H,13,16)(H3,12,14,15);1H. The van der Waals surface area contributed by atoms with E-state index in [2.05, 4.69) is 15.6 Å². The molecule has 0 fully saturated rings. The van der Waals surface area contributed by atoms with Crippen molar-refractivity contribution in [3.63, 3.8) is 0 Å². The predicted octanol–water partition coefficient (Wildman–Crippen LogP) is -0.302. The third kappa shape index (κ3) is 15.3. The molecule has 0 aromatic carbocycles. The van der Waals surface area contributed by atoms with Gasteiger partial charge in [-0.3, -0.25) is 4.79 Å². The topological polar surface area (TPSA) is 98.0 Å². The Kier molecular flexibility index (Phi) is 16.8. The van der Waals surface area contributed by atoms with Crippen LogP contribution in [0.2, 0.25) is 0 Å². The van der Waals surface area contributed by atoms with Crippen molar-refractivity contribution in [1.82, 2.24) is 10.6 Å². The van der Waals surface area contributed by atoms with Gasteiger partial charge in [0.1, 0.15) is 6.54 Å².